The third-order valence-corrected chi connectivity index (χ3v) is 6.22. The number of hydrogen-bond donors (Lipinski definition) is 1. The first-order valence-corrected chi connectivity index (χ1v) is 10.00. The number of hydrazone groups is 1. The van der Waals surface area contributed by atoms with Crippen molar-refractivity contribution in [2.75, 3.05) is 13.1 Å². The molecular weight excluding hydrogens is 384 g/mol. The zero-order chi connectivity index (χ0) is 20.1. The minimum atomic E-state index is -3.52. The lowest BCUT2D eigenvalue weighted by atomic mass is 10.2. The highest BCUT2D eigenvalue weighted by molar-refractivity contribution is 7.89. The first-order chi connectivity index (χ1) is 13.4. The molecule has 0 atom stereocenters. The van der Waals surface area contributed by atoms with Crippen LogP contribution in [-0.4, -0.2) is 42.9 Å². The van der Waals surface area contributed by atoms with Crippen molar-refractivity contribution in [2.24, 2.45) is 5.10 Å². The Labute approximate surface area is 161 Å². The van der Waals surface area contributed by atoms with Crippen LogP contribution in [0.3, 0.4) is 0 Å². The smallest absolute Gasteiger partial charge is 0.267 e. The molecule has 2 aromatic rings. The van der Waals surface area contributed by atoms with Crippen LogP contribution in [0.1, 0.15) is 28.8 Å². The molecule has 9 nitrogen and oxygen atoms in total. The van der Waals surface area contributed by atoms with E-state index in [1.807, 2.05) is 0 Å². The van der Waals surface area contributed by atoms with Crippen molar-refractivity contribution >= 4 is 27.8 Å². The Kier molecular flexibility index (Phi) is 5.81. The molecule has 0 aromatic heterocycles. The molecule has 0 unspecified atom stereocenters. The zero-order valence-electron chi connectivity index (χ0n) is 14.8. The summed E-state index contributed by atoms with van der Waals surface area (Å²) in [6, 6.07) is 11.4. The number of hydrogen-bond acceptors (Lipinski definition) is 6. The molecule has 0 radical (unpaired) electrons. The summed E-state index contributed by atoms with van der Waals surface area (Å²) in [5, 5.41) is 14.4. The second kappa shape index (κ2) is 8.28. The fraction of sp³-hybridized carbons (Fsp3) is 0.222. The van der Waals surface area contributed by atoms with Gasteiger partial charge in [0.1, 0.15) is 0 Å². The lowest BCUT2D eigenvalue weighted by molar-refractivity contribution is -0.384. The molecule has 1 saturated heterocycles. The summed E-state index contributed by atoms with van der Waals surface area (Å²) >= 11 is 0. The van der Waals surface area contributed by atoms with Crippen LogP contribution < -0.4 is 5.43 Å². The van der Waals surface area contributed by atoms with Crippen LogP contribution >= 0.6 is 0 Å². The van der Waals surface area contributed by atoms with E-state index in [0.717, 1.165) is 12.8 Å². The number of nitrogens with zero attached hydrogens (tertiary/aromatic N) is 3. The standard InChI is InChI=1S/C18H18N4O5S/c23-18(20-19-13-14-3-7-16(8-4-14)22(24)25)15-5-9-17(10-6-15)28(26,27)21-11-1-2-12-21/h3-10,13H,1-2,11-12H2,(H,20,23)/b19-13-. The number of amides is 1. The maximum absolute atomic E-state index is 12.5. The summed E-state index contributed by atoms with van der Waals surface area (Å²) in [7, 11) is -3.52. The summed E-state index contributed by atoms with van der Waals surface area (Å²) in [5.74, 6) is -0.497. The Morgan fingerprint density at radius 3 is 2.25 bits per heavy atom. The molecule has 1 N–H and O–H groups in total. The van der Waals surface area contributed by atoms with Gasteiger partial charge >= 0.3 is 0 Å². The van der Waals surface area contributed by atoms with Gasteiger partial charge in [0.15, 0.2) is 0 Å². The summed E-state index contributed by atoms with van der Waals surface area (Å²) in [6.45, 7) is 1.03. The van der Waals surface area contributed by atoms with Crippen molar-refractivity contribution in [3.8, 4) is 0 Å². The lowest BCUT2D eigenvalue weighted by Gasteiger charge is -2.15. The molecule has 10 heteroatoms. The quantitative estimate of drug-likeness (QED) is 0.451. The third kappa shape index (κ3) is 4.41. The molecule has 1 fully saturated rings. The van der Waals surface area contributed by atoms with Crippen LogP contribution in [0.2, 0.25) is 0 Å². The average Bonchev–Trinajstić information content (AvgIpc) is 3.24. The number of nitrogens with one attached hydrogen (secondary N) is 1. The van der Waals surface area contributed by atoms with Gasteiger partial charge in [-0.2, -0.15) is 9.41 Å². The number of carbonyl (C=O) groups is 1. The monoisotopic (exact) mass is 402 g/mol. The Balaban J connectivity index is 1.62. The molecule has 0 saturated carbocycles. The Morgan fingerprint density at radius 2 is 1.68 bits per heavy atom. The summed E-state index contributed by atoms with van der Waals surface area (Å²) in [5.41, 5.74) is 3.14. The molecule has 1 heterocycles. The van der Waals surface area contributed by atoms with E-state index < -0.39 is 20.9 Å². The van der Waals surface area contributed by atoms with Gasteiger partial charge in [-0.25, -0.2) is 13.8 Å². The van der Waals surface area contributed by atoms with Crippen molar-refractivity contribution in [2.45, 2.75) is 17.7 Å². The molecule has 0 spiro atoms. The number of benzene rings is 2. The van der Waals surface area contributed by atoms with Crippen LogP contribution in [0.4, 0.5) is 5.69 Å². The van der Waals surface area contributed by atoms with E-state index in [2.05, 4.69) is 10.5 Å². The van der Waals surface area contributed by atoms with Crippen molar-refractivity contribution in [1.82, 2.24) is 9.73 Å². The zero-order valence-corrected chi connectivity index (χ0v) is 15.6. The van der Waals surface area contributed by atoms with E-state index >= 15 is 0 Å². The van der Waals surface area contributed by atoms with Crippen LogP contribution in [-0.2, 0) is 10.0 Å². The molecule has 1 aliphatic heterocycles. The SMILES string of the molecule is O=C(N/N=C\c1ccc([N+](=O)[O-])cc1)c1ccc(S(=O)(=O)N2CCCC2)cc1. The van der Waals surface area contributed by atoms with Crippen molar-refractivity contribution < 1.29 is 18.1 Å². The number of non-ortho nitro benzene ring substituents is 1. The fourth-order valence-electron chi connectivity index (χ4n) is 2.77. The first kappa shape index (κ1) is 19.6. The average molecular weight is 402 g/mol. The highest BCUT2D eigenvalue weighted by Gasteiger charge is 2.27. The van der Waals surface area contributed by atoms with Gasteiger partial charge in [-0.05, 0) is 54.8 Å². The molecule has 0 bridgehead atoms. The molecule has 1 amide bonds. The highest BCUT2D eigenvalue weighted by atomic mass is 32.2. The second-order valence-corrected chi connectivity index (χ2v) is 8.12. The van der Waals surface area contributed by atoms with Gasteiger partial charge in [-0.3, -0.25) is 14.9 Å². The second-order valence-electron chi connectivity index (χ2n) is 6.18. The van der Waals surface area contributed by atoms with Crippen molar-refractivity contribution in [1.29, 1.82) is 0 Å². The van der Waals surface area contributed by atoms with Crippen LogP contribution in [0.25, 0.3) is 0 Å². The normalized spacial score (nSPS) is 15.0. The largest absolute Gasteiger partial charge is 0.271 e. The minimum absolute atomic E-state index is 0.0369. The van der Waals surface area contributed by atoms with E-state index in [9.17, 15) is 23.3 Å². The van der Waals surface area contributed by atoms with Gasteiger partial charge in [-0.1, -0.05) is 0 Å². The molecular formula is C18H18N4O5S. The minimum Gasteiger partial charge on any atom is -0.267 e. The number of sulfonamides is 1. The van der Waals surface area contributed by atoms with Crippen LogP contribution in [0.5, 0.6) is 0 Å². The van der Waals surface area contributed by atoms with E-state index in [4.69, 9.17) is 0 Å². The maximum atomic E-state index is 12.5. The van der Waals surface area contributed by atoms with E-state index in [-0.39, 0.29) is 16.1 Å². The molecule has 3 rings (SSSR count). The third-order valence-electron chi connectivity index (χ3n) is 4.30. The predicted octanol–water partition coefficient (Wildman–Crippen LogP) is 2.14. The summed E-state index contributed by atoms with van der Waals surface area (Å²) in [4.78, 5) is 22.4. The van der Waals surface area contributed by atoms with Gasteiger partial charge in [0.2, 0.25) is 10.0 Å². The number of nitro benzene ring substituents is 1. The van der Waals surface area contributed by atoms with Gasteiger partial charge in [-0.15, -0.1) is 0 Å². The van der Waals surface area contributed by atoms with E-state index in [1.165, 1.54) is 59.1 Å². The first-order valence-electron chi connectivity index (χ1n) is 8.56. The molecule has 2 aromatic carbocycles. The molecule has 28 heavy (non-hydrogen) atoms. The fourth-order valence-corrected chi connectivity index (χ4v) is 4.28. The van der Waals surface area contributed by atoms with Gasteiger partial charge in [0.05, 0.1) is 16.0 Å². The summed E-state index contributed by atoms with van der Waals surface area (Å²) in [6.07, 6.45) is 3.06. The lowest BCUT2D eigenvalue weighted by Crippen LogP contribution is -2.28. The van der Waals surface area contributed by atoms with Gasteiger partial charge < -0.3 is 0 Å². The topological polar surface area (TPSA) is 122 Å². The van der Waals surface area contributed by atoms with Crippen molar-refractivity contribution in [3.05, 3.63) is 69.8 Å². The van der Waals surface area contributed by atoms with Crippen LogP contribution in [0, 0.1) is 10.1 Å². The number of rotatable bonds is 6. The maximum Gasteiger partial charge on any atom is 0.271 e. The molecule has 0 aliphatic carbocycles. The summed E-state index contributed by atoms with van der Waals surface area (Å²) < 4.78 is 26.4. The molecule has 146 valence electrons. The van der Waals surface area contributed by atoms with E-state index in [0.29, 0.717) is 18.7 Å². The number of carbonyl (C=O) groups excluding carboxylic acids is 1. The highest BCUT2D eigenvalue weighted by Crippen LogP contribution is 2.21. The predicted molar refractivity (Wildman–Crippen MR) is 103 cm³/mol. The van der Waals surface area contributed by atoms with Gasteiger partial charge in [0.25, 0.3) is 11.6 Å². The van der Waals surface area contributed by atoms with E-state index in [1.54, 1.807) is 0 Å². The van der Waals surface area contributed by atoms with Gasteiger partial charge in [0, 0.05) is 30.8 Å². The van der Waals surface area contributed by atoms with Crippen LogP contribution in [0.15, 0.2) is 58.5 Å². The number of nitro groups is 1. The Morgan fingerprint density at radius 1 is 1.07 bits per heavy atom. The molecule has 1 aliphatic rings. The van der Waals surface area contributed by atoms with Crippen molar-refractivity contribution in [3.63, 3.8) is 0 Å². The Bertz CT molecular complexity index is 995. The Hall–Kier alpha value is -3.11.